The molecule has 0 saturated carbocycles. The van der Waals surface area contributed by atoms with Crippen molar-refractivity contribution in [3.05, 3.63) is 54.1 Å². The van der Waals surface area contributed by atoms with Gasteiger partial charge in [-0.15, -0.1) is 0 Å². The van der Waals surface area contributed by atoms with E-state index in [-0.39, 0.29) is 5.91 Å². The monoisotopic (exact) mass is 328 g/mol. The van der Waals surface area contributed by atoms with Crippen molar-refractivity contribution in [2.45, 2.75) is 13.0 Å². The van der Waals surface area contributed by atoms with Gasteiger partial charge in [-0.1, -0.05) is 30.3 Å². The van der Waals surface area contributed by atoms with Gasteiger partial charge in [0.1, 0.15) is 11.5 Å². The van der Waals surface area contributed by atoms with Gasteiger partial charge in [-0.25, -0.2) is 0 Å². The SMILES string of the molecule is COc1cc(NC(=O)CCN(C)Cc2ccccc2)cc(OC)c1. The number of methoxy groups -OCH3 is 2. The smallest absolute Gasteiger partial charge is 0.225 e. The Labute approximate surface area is 143 Å². The predicted octanol–water partition coefficient (Wildman–Crippen LogP) is 3.16. The van der Waals surface area contributed by atoms with Crippen LogP contribution < -0.4 is 14.8 Å². The fourth-order valence-corrected chi connectivity index (χ4v) is 2.37. The summed E-state index contributed by atoms with van der Waals surface area (Å²) in [5, 5.41) is 2.88. The second kappa shape index (κ2) is 8.93. The number of hydrogen-bond donors (Lipinski definition) is 1. The number of anilines is 1. The molecular formula is C19H24N2O3. The maximum Gasteiger partial charge on any atom is 0.225 e. The Bertz CT molecular complexity index is 637. The van der Waals surface area contributed by atoms with Crippen LogP contribution in [0.5, 0.6) is 11.5 Å². The lowest BCUT2D eigenvalue weighted by Crippen LogP contribution is -2.24. The maximum atomic E-state index is 12.1. The van der Waals surface area contributed by atoms with Crippen LogP contribution in [0, 0.1) is 0 Å². The standard InChI is InChI=1S/C19H24N2O3/c1-21(14-15-7-5-4-6-8-15)10-9-19(22)20-16-11-17(23-2)13-18(12-16)24-3/h4-8,11-13H,9-10,14H2,1-3H3,(H,20,22). The van der Waals surface area contributed by atoms with E-state index in [1.807, 2.05) is 25.2 Å². The van der Waals surface area contributed by atoms with Crippen LogP contribution in [-0.2, 0) is 11.3 Å². The van der Waals surface area contributed by atoms with Gasteiger partial charge in [0, 0.05) is 43.4 Å². The Kier molecular flexibility index (Phi) is 6.63. The molecule has 24 heavy (non-hydrogen) atoms. The van der Waals surface area contributed by atoms with E-state index in [0.29, 0.717) is 30.2 Å². The molecule has 0 aliphatic carbocycles. The Morgan fingerprint density at radius 2 is 1.67 bits per heavy atom. The van der Waals surface area contributed by atoms with Crippen LogP contribution in [0.25, 0.3) is 0 Å². The van der Waals surface area contributed by atoms with Crippen molar-refractivity contribution in [1.29, 1.82) is 0 Å². The van der Waals surface area contributed by atoms with Crippen molar-refractivity contribution in [3.8, 4) is 11.5 Å². The van der Waals surface area contributed by atoms with Gasteiger partial charge in [0.15, 0.2) is 0 Å². The summed E-state index contributed by atoms with van der Waals surface area (Å²) in [6, 6.07) is 15.5. The Morgan fingerprint density at radius 3 is 2.25 bits per heavy atom. The number of benzene rings is 2. The summed E-state index contributed by atoms with van der Waals surface area (Å²) in [5.74, 6) is 1.25. The summed E-state index contributed by atoms with van der Waals surface area (Å²) in [4.78, 5) is 14.3. The summed E-state index contributed by atoms with van der Waals surface area (Å²) in [5.41, 5.74) is 1.90. The predicted molar refractivity (Wildman–Crippen MR) is 95.6 cm³/mol. The quantitative estimate of drug-likeness (QED) is 0.809. The normalized spacial score (nSPS) is 10.5. The lowest BCUT2D eigenvalue weighted by molar-refractivity contribution is -0.116. The first-order valence-electron chi connectivity index (χ1n) is 7.86. The number of carbonyl (C=O) groups excluding carboxylic acids is 1. The molecule has 128 valence electrons. The van der Waals surface area contributed by atoms with Gasteiger partial charge < -0.3 is 19.7 Å². The second-order valence-electron chi connectivity index (χ2n) is 5.62. The minimum Gasteiger partial charge on any atom is -0.497 e. The van der Waals surface area contributed by atoms with E-state index in [9.17, 15) is 4.79 Å². The lowest BCUT2D eigenvalue weighted by Gasteiger charge is -2.16. The second-order valence-corrected chi connectivity index (χ2v) is 5.62. The zero-order valence-electron chi connectivity index (χ0n) is 14.4. The molecule has 0 heterocycles. The average molecular weight is 328 g/mol. The minimum absolute atomic E-state index is 0.0368. The van der Waals surface area contributed by atoms with Crippen LogP contribution in [0.2, 0.25) is 0 Å². The third-order valence-corrected chi connectivity index (χ3v) is 3.65. The van der Waals surface area contributed by atoms with Gasteiger partial charge in [-0.05, 0) is 12.6 Å². The van der Waals surface area contributed by atoms with Crippen LogP contribution >= 0.6 is 0 Å². The molecule has 1 N–H and O–H groups in total. The van der Waals surface area contributed by atoms with Crippen LogP contribution in [0.1, 0.15) is 12.0 Å². The molecule has 0 spiro atoms. The average Bonchev–Trinajstić information content (AvgIpc) is 2.60. The van der Waals surface area contributed by atoms with Crippen molar-refractivity contribution in [1.82, 2.24) is 4.90 Å². The van der Waals surface area contributed by atoms with E-state index in [0.717, 1.165) is 6.54 Å². The van der Waals surface area contributed by atoms with Crippen molar-refractivity contribution in [2.75, 3.05) is 33.1 Å². The third kappa shape index (κ3) is 5.59. The highest BCUT2D eigenvalue weighted by Crippen LogP contribution is 2.25. The Balaban J connectivity index is 1.84. The molecule has 0 bridgehead atoms. The highest BCUT2D eigenvalue weighted by Gasteiger charge is 2.08. The number of ether oxygens (including phenoxy) is 2. The van der Waals surface area contributed by atoms with Crippen molar-refractivity contribution in [2.24, 2.45) is 0 Å². The number of nitrogens with one attached hydrogen (secondary N) is 1. The highest BCUT2D eigenvalue weighted by atomic mass is 16.5. The number of nitrogens with zero attached hydrogens (tertiary/aromatic N) is 1. The maximum absolute atomic E-state index is 12.1. The molecule has 5 heteroatoms. The molecule has 0 fully saturated rings. The number of carbonyl (C=O) groups is 1. The van der Waals surface area contributed by atoms with Crippen molar-refractivity contribution in [3.63, 3.8) is 0 Å². The zero-order valence-corrected chi connectivity index (χ0v) is 14.4. The molecule has 0 aromatic heterocycles. The van der Waals surface area contributed by atoms with Crippen LogP contribution in [-0.4, -0.2) is 38.6 Å². The van der Waals surface area contributed by atoms with Gasteiger partial charge in [0.05, 0.1) is 14.2 Å². The molecular weight excluding hydrogens is 304 g/mol. The highest BCUT2D eigenvalue weighted by molar-refractivity contribution is 5.91. The molecule has 0 aliphatic heterocycles. The molecule has 2 aromatic carbocycles. The van der Waals surface area contributed by atoms with E-state index in [1.165, 1.54) is 5.56 Å². The minimum atomic E-state index is -0.0368. The fourth-order valence-electron chi connectivity index (χ4n) is 2.37. The number of hydrogen-bond acceptors (Lipinski definition) is 4. The van der Waals surface area contributed by atoms with Crippen LogP contribution in [0.15, 0.2) is 48.5 Å². The van der Waals surface area contributed by atoms with Gasteiger partial charge >= 0.3 is 0 Å². The van der Waals surface area contributed by atoms with Crippen molar-refractivity contribution < 1.29 is 14.3 Å². The van der Waals surface area contributed by atoms with Crippen molar-refractivity contribution >= 4 is 11.6 Å². The summed E-state index contributed by atoms with van der Waals surface area (Å²) >= 11 is 0. The van der Waals surface area contributed by atoms with Gasteiger partial charge in [-0.3, -0.25) is 4.79 Å². The molecule has 2 aromatic rings. The zero-order chi connectivity index (χ0) is 17.4. The van der Waals surface area contributed by atoms with Gasteiger partial charge in [0.2, 0.25) is 5.91 Å². The molecule has 0 unspecified atom stereocenters. The van der Waals surface area contributed by atoms with Gasteiger partial charge in [-0.2, -0.15) is 0 Å². The molecule has 0 atom stereocenters. The number of rotatable bonds is 8. The van der Waals surface area contributed by atoms with E-state index < -0.39 is 0 Å². The van der Waals surface area contributed by atoms with E-state index in [1.54, 1.807) is 32.4 Å². The lowest BCUT2D eigenvalue weighted by atomic mass is 10.2. The summed E-state index contributed by atoms with van der Waals surface area (Å²) < 4.78 is 10.4. The first-order valence-corrected chi connectivity index (χ1v) is 7.86. The van der Waals surface area contributed by atoms with E-state index in [2.05, 4.69) is 22.3 Å². The van der Waals surface area contributed by atoms with E-state index >= 15 is 0 Å². The molecule has 0 saturated heterocycles. The van der Waals surface area contributed by atoms with E-state index in [4.69, 9.17) is 9.47 Å². The summed E-state index contributed by atoms with van der Waals surface area (Å²) in [7, 11) is 5.17. The molecule has 2 rings (SSSR count). The van der Waals surface area contributed by atoms with Crippen LogP contribution in [0.3, 0.4) is 0 Å². The topological polar surface area (TPSA) is 50.8 Å². The van der Waals surface area contributed by atoms with Gasteiger partial charge in [0.25, 0.3) is 0 Å². The number of amides is 1. The summed E-state index contributed by atoms with van der Waals surface area (Å²) in [6.07, 6.45) is 0.420. The Hall–Kier alpha value is -2.53. The molecule has 5 nitrogen and oxygen atoms in total. The molecule has 1 amide bonds. The summed E-state index contributed by atoms with van der Waals surface area (Å²) in [6.45, 7) is 1.50. The molecule has 0 aliphatic rings. The fraction of sp³-hybridized carbons (Fsp3) is 0.316. The first-order chi connectivity index (χ1) is 11.6. The Morgan fingerprint density at radius 1 is 1.04 bits per heavy atom. The van der Waals surface area contributed by atoms with Crippen LogP contribution in [0.4, 0.5) is 5.69 Å². The third-order valence-electron chi connectivity index (χ3n) is 3.65. The first kappa shape index (κ1) is 17.8. The molecule has 0 radical (unpaired) electrons. The largest absolute Gasteiger partial charge is 0.497 e.